The molecule has 42 heavy (non-hydrogen) atoms. The number of benzene rings is 3. The minimum Gasteiger partial charge on any atom is -0.490 e. The lowest BCUT2D eigenvalue weighted by Crippen LogP contribution is -2.22. The molecular weight excluding hydrogens is 518 g/mol. The van der Waals surface area contributed by atoms with Crippen molar-refractivity contribution in [2.75, 3.05) is 0 Å². The van der Waals surface area contributed by atoms with Gasteiger partial charge in [-0.15, -0.1) is 0 Å². The normalized spacial score (nSPS) is 12.7. The minimum atomic E-state index is -0.438. The molecule has 1 aromatic heterocycles. The molecule has 0 aliphatic carbocycles. The zero-order valence-corrected chi connectivity index (χ0v) is 26.3. The lowest BCUT2D eigenvalue weighted by molar-refractivity contribution is 0.0991. The van der Waals surface area contributed by atoms with E-state index in [0.717, 1.165) is 46.4 Å². The molecule has 1 heterocycles. The summed E-state index contributed by atoms with van der Waals surface area (Å²) in [5.41, 5.74) is 7.46. The average Bonchev–Trinajstić information content (AvgIpc) is 2.94. The molecule has 3 aromatic carbocycles. The first-order chi connectivity index (χ1) is 20.2. The molecule has 222 valence electrons. The van der Waals surface area contributed by atoms with Gasteiger partial charge in [0, 0.05) is 17.5 Å². The maximum Gasteiger partial charge on any atom is 0.167 e. The molecule has 5 heteroatoms. The fourth-order valence-electron chi connectivity index (χ4n) is 5.56. The smallest absolute Gasteiger partial charge is 0.167 e. The number of aliphatic hydroxyl groups excluding tert-OH is 1. The summed E-state index contributed by atoms with van der Waals surface area (Å²) in [6.45, 7) is 12.5. The van der Waals surface area contributed by atoms with Crippen LogP contribution in [0.25, 0.3) is 34.2 Å². The van der Waals surface area contributed by atoms with Crippen LogP contribution in [0.1, 0.15) is 87.5 Å². The van der Waals surface area contributed by atoms with Crippen LogP contribution in [0.4, 0.5) is 0 Å². The molecule has 4 rings (SSSR count). The van der Waals surface area contributed by atoms with Gasteiger partial charge in [0.05, 0.1) is 11.7 Å². The number of hydrogen-bond donors (Lipinski definition) is 1. The van der Waals surface area contributed by atoms with Crippen molar-refractivity contribution in [2.45, 2.75) is 105 Å². The Hall–Kier alpha value is -3.57. The summed E-state index contributed by atoms with van der Waals surface area (Å²) >= 11 is 0. The number of unbranched alkanes of at least 4 members (excludes halogenated alkanes) is 5. The lowest BCUT2D eigenvalue weighted by atomic mass is 10.0. The van der Waals surface area contributed by atoms with Gasteiger partial charge in [-0.1, -0.05) is 98.7 Å². The van der Waals surface area contributed by atoms with E-state index in [2.05, 4.69) is 71.0 Å². The van der Waals surface area contributed by atoms with Gasteiger partial charge in [-0.3, -0.25) is 0 Å². The summed E-state index contributed by atoms with van der Waals surface area (Å²) in [7, 11) is 0. The molecule has 1 N–H and O–H groups in total. The highest BCUT2D eigenvalue weighted by Gasteiger charge is 2.20. The van der Waals surface area contributed by atoms with E-state index < -0.39 is 6.10 Å². The second kappa shape index (κ2) is 15.1. The molecule has 2 atom stereocenters. The first kappa shape index (κ1) is 31.4. The second-order valence-electron chi connectivity index (χ2n) is 11.8. The largest absolute Gasteiger partial charge is 0.490 e. The number of hydrogen-bond acceptors (Lipinski definition) is 5. The Bertz CT molecular complexity index is 1390. The number of nitrogens with zero attached hydrogens (tertiary/aromatic N) is 3. The summed E-state index contributed by atoms with van der Waals surface area (Å²) < 4.78 is 6.65. The Labute approximate surface area is 252 Å². The Morgan fingerprint density at radius 2 is 1.19 bits per heavy atom. The van der Waals surface area contributed by atoms with Crippen molar-refractivity contribution in [2.24, 2.45) is 0 Å². The van der Waals surface area contributed by atoms with Gasteiger partial charge in [-0.05, 0) is 70.7 Å². The molecule has 4 aromatic rings. The van der Waals surface area contributed by atoms with Gasteiger partial charge in [-0.25, -0.2) is 15.0 Å². The van der Waals surface area contributed by atoms with Gasteiger partial charge >= 0.3 is 0 Å². The van der Waals surface area contributed by atoms with E-state index in [1.54, 1.807) is 0 Å². The van der Waals surface area contributed by atoms with Gasteiger partial charge in [0.15, 0.2) is 17.5 Å². The zero-order chi connectivity index (χ0) is 30.1. The van der Waals surface area contributed by atoms with Gasteiger partial charge in [-0.2, -0.15) is 0 Å². The summed E-state index contributed by atoms with van der Waals surface area (Å²) in [5.74, 6) is 2.61. The predicted molar refractivity (Wildman–Crippen MR) is 174 cm³/mol. The molecule has 0 saturated carbocycles. The van der Waals surface area contributed by atoms with Crippen LogP contribution < -0.4 is 4.74 Å². The van der Waals surface area contributed by atoms with E-state index >= 15 is 0 Å². The topological polar surface area (TPSA) is 68.1 Å². The molecule has 0 bridgehead atoms. The van der Waals surface area contributed by atoms with E-state index in [4.69, 9.17) is 19.7 Å². The third-order valence-electron chi connectivity index (χ3n) is 7.79. The molecule has 0 spiro atoms. The minimum absolute atomic E-state index is 0.0863. The first-order valence-electron chi connectivity index (χ1n) is 15.6. The van der Waals surface area contributed by atoms with Crippen LogP contribution in [0.2, 0.25) is 0 Å². The lowest BCUT2D eigenvalue weighted by Gasteiger charge is -2.22. The maximum absolute atomic E-state index is 10.3. The Balaban J connectivity index is 1.73. The van der Waals surface area contributed by atoms with Gasteiger partial charge in [0.25, 0.3) is 0 Å². The molecule has 2 unspecified atom stereocenters. The van der Waals surface area contributed by atoms with Crippen molar-refractivity contribution in [3.05, 3.63) is 82.9 Å². The summed E-state index contributed by atoms with van der Waals surface area (Å²) in [4.78, 5) is 15.0. The van der Waals surface area contributed by atoms with Gasteiger partial charge in [0.2, 0.25) is 0 Å². The molecule has 0 fully saturated rings. The van der Waals surface area contributed by atoms with Crippen molar-refractivity contribution in [1.82, 2.24) is 15.0 Å². The second-order valence-corrected chi connectivity index (χ2v) is 11.8. The standard InChI is InChI=1S/C37H47N3O2/c1-7-8-9-10-11-12-15-30(24-29(6)41)42-34-17-14-13-16-33(34)37-39-35(31-20-18-25(2)22-27(31)4)38-36(40-37)32-21-19-26(3)23-28(32)5/h13-14,16-23,29-30,41H,7-12,15,24H2,1-6H3. The summed E-state index contributed by atoms with van der Waals surface area (Å²) in [6, 6.07) is 20.7. The predicted octanol–water partition coefficient (Wildman–Crippen LogP) is 9.38. The third-order valence-corrected chi connectivity index (χ3v) is 7.79. The Morgan fingerprint density at radius 1 is 0.667 bits per heavy atom. The van der Waals surface area contributed by atoms with Crippen LogP contribution in [0, 0.1) is 27.7 Å². The maximum atomic E-state index is 10.3. The zero-order valence-electron chi connectivity index (χ0n) is 26.3. The van der Waals surface area contributed by atoms with Crippen LogP contribution >= 0.6 is 0 Å². The number of aromatic nitrogens is 3. The van der Waals surface area contributed by atoms with Crippen molar-refractivity contribution in [3.8, 4) is 39.9 Å². The highest BCUT2D eigenvalue weighted by atomic mass is 16.5. The van der Waals surface area contributed by atoms with Crippen molar-refractivity contribution in [3.63, 3.8) is 0 Å². The number of para-hydroxylation sites is 1. The molecule has 0 saturated heterocycles. The molecular formula is C37H47N3O2. The number of ether oxygens (including phenoxy) is 1. The molecule has 5 nitrogen and oxygen atoms in total. The number of aryl methyl sites for hydroxylation is 4. The van der Waals surface area contributed by atoms with Crippen LogP contribution in [-0.4, -0.2) is 32.3 Å². The highest BCUT2D eigenvalue weighted by molar-refractivity contribution is 5.72. The Kier molecular flexibility index (Phi) is 11.2. The summed E-state index contributed by atoms with van der Waals surface area (Å²) in [5, 5.41) is 10.3. The van der Waals surface area contributed by atoms with E-state index in [-0.39, 0.29) is 6.10 Å². The van der Waals surface area contributed by atoms with Gasteiger partial charge < -0.3 is 9.84 Å². The first-order valence-corrected chi connectivity index (χ1v) is 15.6. The van der Waals surface area contributed by atoms with E-state index in [1.165, 1.54) is 43.2 Å². The number of rotatable bonds is 14. The highest BCUT2D eigenvalue weighted by Crippen LogP contribution is 2.33. The van der Waals surface area contributed by atoms with Crippen molar-refractivity contribution < 1.29 is 9.84 Å². The van der Waals surface area contributed by atoms with Crippen LogP contribution in [0.5, 0.6) is 5.75 Å². The third kappa shape index (κ3) is 8.48. The van der Waals surface area contributed by atoms with Crippen LogP contribution in [0.15, 0.2) is 60.7 Å². The summed E-state index contributed by atoms with van der Waals surface area (Å²) in [6.07, 6.45) is 8.32. The quantitative estimate of drug-likeness (QED) is 0.154. The molecule has 0 aliphatic rings. The molecule has 0 amide bonds. The fraction of sp³-hybridized carbons (Fsp3) is 0.432. The van der Waals surface area contributed by atoms with Crippen molar-refractivity contribution in [1.29, 1.82) is 0 Å². The van der Waals surface area contributed by atoms with Gasteiger partial charge in [0.1, 0.15) is 11.9 Å². The average molecular weight is 566 g/mol. The van der Waals surface area contributed by atoms with Crippen LogP contribution in [-0.2, 0) is 0 Å². The van der Waals surface area contributed by atoms with Crippen molar-refractivity contribution >= 4 is 0 Å². The van der Waals surface area contributed by atoms with Crippen LogP contribution in [0.3, 0.4) is 0 Å². The number of aliphatic hydroxyl groups is 1. The van der Waals surface area contributed by atoms with E-state index in [9.17, 15) is 5.11 Å². The molecule has 0 aliphatic heterocycles. The fourth-order valence-corrected chi connectivity index (χ4v) is 5.56. The van der Waals surface area contributed by atoms with E-state index in [1.807, 2.05) is 31.2 Å². The van der Waals surface area contributed by atoms with E-state index in [0.29, 0.717) is 23.9 Å². The Morgan fingerprint density at radius 3 is 1.74 bits per heavy atom. The molecule has 0 radical (unpaired) electrons. The SMILES string of the molecule is CCCCCCCCC(CC(C)O)Oc1ccccc1-c1nc(-c2ccc(C)cc2C)nc(-c2ccc(C)cc2C)n1. The monoisotopic (exact) mass is 565 g/mol.